The van der Waals surface area contributed by atoms with Gasteiger partial charge in [0.15, 0.2) is 0 Å². The van der Waals surface area contributed by atoms with Crippen LogP contribution in [-0.4, -0.2) is 18.5 Å². The van der Waals surface area contributed by atoms with E-state index in [1.54, 1.807) is 0 Å². The first-order chi connectivity index (χ1) is 9.70. The summed E-state index contributed by atoms with van der Waals surface area (Å²) in [5, 5.41) is 6.56. The van der Waals surface area contributed by atoms with E-state index in [4.69, 9.17) is 0 Å². The topological polar surface area (TPSA) is 41.1 Å². The Morgan fingerprint density at radius 1 is 1.30 bits per heavy atom. The number of carbonyl (C=O) groups excluding carboxylic acids is 1. The van der Waals surface area contributed by atoms with Crippen LogP contribution in [0.3, 0.4) is 0 Å². The van der Waals surface area contributed by atoms with Gasteiger partial charge in [-0.05, 0) is 38.3 Å². The van der Waals surface area contributed by atoms with Gasteiger partial charge in [-0.15, -0.1) is 0 Å². The Kier molecular flexibility index (Phi) is 5.60. The van der Waals surface area contributed by atoms with Crippen LogP contribution in [-0.2, 0) is 4.79 Å². The number of amides is 1. The summed E-state index contributed by atoms with van der Waals surface area (Å²) in [4.78, 5) is 12.4. The van der Waals surface area contributed by atoms with Crippen LogP contribution in [0.2, 0.25) is 0 Å². The molecule has 1 aromatic rings. The average Bonchev–Trinajstić information content (AvgIpc) is 2.75. The van der Waals surface area contributed by atoms with E-state index >= 15 is 0 Å². The number of benzene rings is 1. The standard InChI is InChI=1S/C17H26N2O/c1-3-15(14-10-8-13(2)9-11-14)19-17(20)16-7-5-4-6-12-18-16/h8-11,15-16,18H,3-7,12H2,1-2H3,(H,19,20). The van der Waals surface area contributed by atoms with Crippen molar-refractivity contribution in [2.75, 3.05) is 6.54 Å². The molecule has 1 saturated heterocycles. The van der Waals surface area contributed by atoms with Crippen molar-refractivity contribution in [1.82, 2.24) is 10.6 Å². The van der Waals surface area contributed by atoms with Gasteiger partial charge in [0, 0.05) is 0 Å². The molecule has 1 fully saturated rings. The van der Waals surface area contributed by atoms with E-state index in [0.29, 0.717) is 0 Å². The van der Waals surface area contributed by atoms with Gasteiger partial charge in [-0.3, -0.25) is 4.79 Å². The van der Waals surface area contributed by atoms with E-state index in [1.807, 2.05) is 0 Å². The quantitative estimate of drug-likeness (QED) is 0.886. The molecule has 0 aliphatic carbocycles. The van der Waals surface area contributed by atoms with Gasteiger partial charge in [0.05, 0.1) is 12.1 Å². The van der Waals surface area contributed by atoms with Crippen LogP contribution < -0.4 is 10.6 Å². The summed E-state index contributed by atoms with van der Waals surface area (Å²) >= 11 is 0. The minimum absolute atomic E-state index is 0.0167. The molecule has 2 unspecified atom stereocenters. The lowest BCUT2D eigenvalue weighted by Gasteiger charge is -2.22. The highest BCUT2D eigenvalue weighted by Gasteiger charge is 2.22. The molecule has 110 valence electrons. The molecule has 0 radical (unpaired) electrons. The number of hydrogen-bond acceptors (Lipinski definition) is 2. The molecular weight excluding hydrogens is 248 g/mol. The summed E-state index contributed by atoms with van der Waals surface area (Å²) in [6.45, 7) is 5.16. The fourth-order valence-corrected chi connectivity index (χ4v) is 2.74. The maximum atomic E-state index is 12.4. The SMILES string of the molecule is CCC(NC(=O)C1CCCCCN1)c1ccc(C)cc1. The first-order valence-corrected chi connectivity index (χ1v) is 7.81. The lowest BCUT2D eigenvalue weighted by Crippen LogP contribution is -2.44. The van der Waals surface area contributed by atoms with Crippen molar-refractivity contribution >= 4 is 5.91 Å². The molecule has 1 heterocycles. The zero-order valence-corrected chi connectivity index (χ0v) is 12.6. The van der Waals surface area contributed by atoms with Crippen molar-refractivity contribution in [3.05, 3.63) is 35.4 Å². The van der Waals surface area contributed by atoms with Crippen molar-refractivity contribution in [2.24, 2.45) is 0 Å². The summed E-state index contributed by atoms with van der Waals surface area (Å²) in [7, 11) is 0. The second-order valence-corrected chi connectivity index (χ2v) is 5.74. The zero-order chi connectivity index (χ0) is 14.4. The maximum absolute atomic E-state index is 12.4. The normalized spacial score (nSPS) is 21.0. The highest BCUT2D eigenvalue weighted by molar-refractivity contribution is 5.82. The fraction of sp³-hybridized carbons (Fsp3) is 0.588. The Hall–Kier alpha value is -1.35. The Morgan fingerprint density at radius 2 is 2.05 bits per heavy atom. The second-order valence-electron chi connectivity index (χ2n) is 5.74. The van der Waals surface area contributed by atoms with E-state index < -0.39 is 0 Å². The smallest absolute Gasteiger partial charge is 0.237 e. The number of nitrogens with one attached hydrogen (secondary N) is 2. The Bertz CT molecular complexity index is 419. The van der Waals surface area contributed by atoms with Crippen molar-refractivity contribution in [2.45, 2.75) is 58.0 Å². The summed E-state index contributed by atoms with van der Waals surface area (Å²) in [6, 6.07) is 8.54. The molecule has 2 rings (SSSR count). The third-order valence-corrected chi connectivity index (χ3v) is 4.08. The molecule has 1 amide bonds. The number of rotatable bonds is 4. The van der Waals surface area contributed by atoms with Crippen LogP contribution in [0.25, 0.3) is 0 Å². The zero-order valence-electron chi connectivity index (χ0n) is 12.6. The molecule has 3 nitrogen and oxygen atoms in total. The van der Waals surface area contributed by atoms with Crippen LogP contribution in [0.1, 0.15) is 56.2 Å². The monoisotopic (exact) mass is 274 g/mol. The van der Waals surface area contributed by atoms with Crippen molar-refractivity contribution in [3.8, 4) is 0 Å². The minimum Gasteiger partial charge on any atom is -0.348 e. The Morgan fingerprint density at radius 3 is 2.75 bits per heavy atom. The highest BCUT2D eigenvalue weighted by Crippen LogP contribution is 2.18. The van der Waals surface area contributed by atoms with Gasteiger partial charge in [-0.1, -0.05) is 49.6 Å². The summed E-state index contributed by atoms with van der Waals surface area (Å²) in [6.07, 6.45) is 5.43. The molecule has 0 bridgehead atoms. The number of hydrogen-bond donors (Lipinski definition) is 2. The summed E-state index contributed by atoms with van der Waals surface area (Å²) in [5.41, 5.74) is 2.44. The van der Waals surface area contributed by atoms with Gasteiger partial charge in [0.1, 0.15) is 0 Å². The molecule has 1 aliphatic heterocycles. The largest absolute Gasteiger partial charge is 0.348 e. The van der Waals surface area contributed by atoms with Crippen LogP contribution in [0.15, 0.2) is 24.3 Å². The van der Waals surface area contributed by atoms with Crippen LogP contribution in [0.5, 0.6) is 0 Å². The van der Waals surface area contributed by atoms with E-state index in [1.165, 1.54) is 24.0 Å². The van der Waals surface area contributed by atoms with Gasteiger partial charge < -0.3 is 10.6 Å². The molecule has 1 aliphatic rings. The van der Waals surface area contributed by atoms with Crippen molar-refractivity contribution in [3.63, 3.8) is 0 Å². The number of aryl methyl sites for hydroxylation is 1. The molecule has 20 heavy (non-hydrogen) atoms. The third-order valence-electron chi connectivity index (χ3n) is 4.08. The predicted octanol–water partition coefficient (Wildman–Crippen LogP) is 3.09. The van der Waals surface area contributed by atoms with E-state index in [-0.39, 0.29) is 18.0 Å². The third kappa shape index (κ3) is 4.07. The Balaban J connectivity index is 1.98. The molecule has 0 spiro atoms. The van der Waals surface area contributed by atoms with E-state index in [9.17, 15) is 4.79 Å². The number of carbonyl (C=O) groups is 1. The second kappa shape index (κ2) is 7.44. The molecule has 2 atom stereocenters. The molecule has 1 aromatic carbocycles. The van der Waals surface area contributed by atoms with Gasteiger partial charge in [-0.2, -0.15) is 0 Å². The van der Waals surface area contributed by atoms with Crippen LogP contribution in [0, 0.1) is 6.92 Å². The van der Waals surface area contributed by atoms with Gasteiger partial charge in [-0.25, -0.2) is 0 Å². The fourth-order valence-electron chi connectivity index (χ4n) is 2.74. The predicted molar refractivity (Wildman–Crippen MR) is 82.6 cm³/mol. The Labute approximate surface area is 122 Å². The minimum atomic E-state index is -0.0167. The lowest BCUT2D eigenvalue weighted by atomic mass is 10.0. The van der Waals surface area contributed by atoms with Gasteiger partial charge in [0.2, 0.25) is 5.91 Å². The highest BCUT2D eigenvalue weighted by atomic mass is 16.2. The first kappa shape index (κ1) is 15.0. The van der Waals surface area contributed by atoms with Crippen molar-refractivity contribution in [1.29, 1.82) is 0 Å². The molecule has 2 N–H and O–H groups in total. The van der Waals surface area contributed by atoms with Gasteiger partial charge >= 0.3 is 0 Å². The molecule has 0 saturated carbocycles. The van der Waals surface area contributed by atoms with Gasteiger partial charge in [0.25, 0.3) is 0 Å². The lowest BCUT2D eigenvalue weighted by molar-refractivity contribution is -0.124. The molecule has 3 heteroatoms. The average molecular weight is 274 g/mol. The van der Waals surface area contributed by atoms with E-state index in [2.05, 4.69) is 48.7 Å². The van der Waals surface area contributed by atoms with Crippen molar-refractivity contribution < 1.29 is 4.79 Å². The first-order valence-electron chi connectivity index (χ1n) is 7.81. The molecular formula is C17H26N2O. The van der Waals surface area contributed by atoms with Crippen LogP contribution >= 0.6 is 0 Å². The maximum Gasteiger partial charge on any atom is 0.237 e. The van der Waals surface area contributed by atoms with E-state index in [0.717, 1.165) is 25.8 Å². The van der Waals surface area contributed by atoms with Crippen LogP contribution in [0.4, 0.5) is 0 Å². The summed E-state index contributed by atoms with van der Waals surface area (Å²) in [5.74, 6) is 0.152. The molecule has 0 aromatic heterocycles. The summed E-state index contributed by atoms with van der Waals surface area (Å²) < 4.78 is 0.